The van der Waals surface area contributed by atoms with Crippen molar-refractivity contribution in [2.45, 2.75) is 19.4 Å². The van der Waals surface area contributed by atoms with E-state index in [0.717, 1.165) is 21.5 Å². The zero-order valence-electron chi connectivity index (χ0n) is 13.8. The minimum atomic E-state index is -0.0840. The number of hydrogen-bond acceptors (Lipinski definition) is 4. The van der Waals surface area contributed by atoms with Gasteiger partial charge in [-0.2, -0.15) is 0 Å². The summed E-state index contributed by atoms with van der Waals surface area (Å²) in [5.41, 5.74) is 2.00. The van der Waals surface area contributed by atoms with E-state index in [9.17, 15) is 4.79 Å². The molecule has 1 N–H and O–H groups in total. The number of nitrogens with zero attached hydrogens (tertiary/aromatic N) is 3. The summed E-state index contributed by atoms with van der Waals surface area (Å²) in [6, 6.07) is 9.81. The standard InChI is InChI=1S/C18H20N4OS/c1-13(17-20-9-10-24-17)12-22(2)18(23)21-11-14-7-8-19-16-6-4-3-5-15(14)16/h3-10,13H,11-12H2,1-2H3,(H,21,23). The molecule has 2 aromatic heterocycles. The zero-order valence-corrected chi connectivity index (χ0v) is 14.6. The Kier molecular flexibility index (Phi) is 5.05. The van der Waals surface area contributed by atoms with Gasteiger partial charge in [0.2, 0.25) is 0 Å². The quantitative estimate of drug-likeness (QED) is 0.771. The van der Waals surface area contributed by atoms with Crippen LogP contribution in [0.3, 0.4) is 0 Å². The fourth-order valence-corrected chi connectivity index (χ4v) is 3.35. The van der Waals surface area contributed by atoms with E-state index < -0.39 is 0 Å². The molecule has 124 valence electrons. The van der Waals surface area contributed by atoms with Crippen LogP contribution in [0.25, 0.3) is 10.9 Å². The van der Waals surface area contributed by atoms with Gasteiger partial charge in [0, 0.05) is 49.2 Å². The maximum Gasteiger partial charge on any atom is 0.317 e. The molecule has 5 nitrogen and oxygen atoms in total. The van der Waals surface area contributed by atoms with Crippen LogP contribution in [-0.4, -0.2) is 34.5 Å². The molecule has 6 heteroatoms. The van der Waals surface area contributed by atoms with Crippen LogP contribution in [0.4, 0.5) is 4.79 Å². The maximum atomic E-state index is 12.3. The van der Waals surface area contributed by atoms with Crippen molar-refractivity contribution in [2.24, 2.45) is 0 Å². The number of para-hydroxylation sites is 1. The number of carbonyl (C=O) groups is 1. The summed E-state index contributed by atoms with van der Waals surface area (Å²) in [7, 11) is 1.81. The van der Waals surface area contributed by atoms with Gasteiger partial charge in [0.05, 0.1) is 10.5 Å². The van der Waals surface area contributed by atoms with Crippen LogP contribution in [0, 0.1) is 0 Å². The first-order valence-corrected chi connectivity index (χ1v) is 8.74. The summed E-state index contributed by atoms with van der Waals surface area (Å²) in [5.74, 6) is 0.225. The number of amides is 2. The second kappa shape index (κ2) is 7.40. The summed E-state index contributed by atoms with van der Waals surface area (Å²) < 4.78 is 0. The number of benzene rings is 1. The molecule has 2 amide bonds. The Bertz CT molecular complexity index is 814. The first-order chi connectivity index (χ1) is 11.6. The Balaban J connectivity index is 1.60. The highest BCUT2D eigenvalue weighted by Crippen LogP contribution is 2.19. The topological polar surface area (TPSA) is 58.1 Å². The van der Waals surface area contributed by atoms with Crippen LogP contribution in [0.5, 0.6) is 0 Å². The molecule has 0 aliphatic rings. The predicted octanol–water partition coefficient (Wildman–Crippen LogP) is 3.64. The molecule has 0 aliphatic heterocycles. The van der Waals surface area contributed by atoms with Gasteiger partial charge in [-0.1, -0.05) is 25.1 Å². The van der Waals surface area contributed by atoms with Crippen LogP contribution >= 0.6 is 11.3 Å². The van der Waals surface area contributed by atoms with Crippen LogP contribution in [0.2, 0.25) is 0 Å². The number of rotatable bonds is 5. The van der Waals surface area contributed by atoms with E-state index in [1.54, 1.807) is 28.6 Å². The first-order valence-electron chi connectivity index (χ1n) is 7.86. The summed E-state index contributed by atoms with van der Waals surface area (Å²) in [4.78, 5) is 22.7. The Labute approximate surface area is 145 Å². The van der Waals surface area contributed by atoms with Crippen LogP contribution in [-0.2, 0) is 6.54 Å². The van der Waals surface area contributed by atoms with Gasteiger partial charge in [0.15, 0.2) is 0 Å². The minimum Gasteiger partial charge on any atom is -0.334 e. The monoisotopic (exact) mass is 340 g/mol. The molecule has 24 heavy (non-hydrogen) atoms. The van der Waals surface area contributed by atoms with Gasteiger partial charge < -0.3 is 10.2 Å². The molecule has 0 bridgehead atoms. The largest absolute Gasteiger partial charge is 0.334 e. The van der Waals surface area contributed by atoms with E-state index in [2.05, 4.69) is 22.2 Å². The van der Waals surface area contributed by atoms with E-state index in [-0.39, 0.29) is 11.9 Å². The van der Waals surface area contributed by atoms with Crippen LogP contribution < -0.4 is 5.32 Å². The van der Waals surface area contributed by atoms with Gasteiger partial charge in [-0.15, -0.1) is 11.3 Å². The third-order valence-corrected chi connectivity index (χ3v) is 4.94. The van der Waals surface area contributed by atoms with Crippen LogP contribution in [0.1, 0.15) is 23.4 Å². The SMILES string of the molecule is CC(CN(C)C(=O)NCc1ccnc2ccccc12)c1nccs1. The second-order valence-electron chi connectivity index (χ2n) is 5.80. The number of hydrogen-bond donors (Lipinski definition) is 1. The van der Waals surface area contributed by atoms with E-state index >= 15 is 0 Å². The second-order valence-corrected chi connectivity index (χ2v) is 6.72. The van der Waals surface area contributed by atoms with Crippen molar-refractivity contribution in [1.82, 2.24) is 20.2 Å². The Hall–Kier alpha value is -2.47. The van der Waals surface area contributed by atoms with Crippen molar-refractivity contribution in [1.29, 1.82) is 0 Å². The van der Waals surface area contributed by atoms with Crippen molar-refractivity contribution >= 4 is 28.3 Å². The summed E-state index contributed by atoms with van der Waals surface area (Å²) in [6.07, 6.45) is 3.57. The Morgan fingerprint density at radius 2 is 2.08 bits per heavy atom. The van der Waals surface area contributed by atoms with Gasteiger partial charge in [-0.25, -0.2) is 9.78 Å². The molecule has 3 aromatic rings. The number of likely N-dealkylation sites (N-methyl/N-ethyl adjacent to an activating group) is 1. The molecule has 0 spiro atoms. The molecule has 1 aromatic carbocycles. The number of nitrogens with one attached hydrogen (secondary N) is 1. The fraction of sp³-hybridized carbons (Fsp3) is 0.278. The van der Waals surface area contributed by atoms with E-state index in [0.29, 0.717) is 13.1 Å². The summed E-state index contributed by atoms with van der Waals surface area (Å²) >= 11 is 1.62. The molecule has 0 radical (unpaired) electrons. The molecule has 2 heterocycles. The molecule has 3 rings (SSSR count). The van der Waals surface area contributed by atoms with Gasteiger partial charge in [-0.3, -0.25) is 4.98 Å². The highest BCUT2D eigenvalue weighted by Gasteiger charge is 2.15. The lowest BCUT2D eigenvalue weighted by Gasteiger charge is -2.21. The normalized spacial score (nSPS) is 12.1. The number of pyridine rings is 1. The maximum absolute atomic E-state index is 12.3. The molecule has 0 saturated carbocycles. The van der Waals surface area contributed by atoms with Crippen molar-refractivity contribution in [2.75, 3.05) is 13.6 Å². The average molecular weight is 340 g/mol. The molecule has 1 atom stereocenters. The van der Waals surface area contributed by atoms with E-state index in [1.807, 2.05) is 42.8 Å². The molecular weight excluding hydrogens is 320 g/mol. The summed E-state index contributed by atoms with van der Waals surface area (Å²) in [6.45, 7) is 3.20. The lowest BCUT2D eigenvalue weighted by molar-refractivity contribution is 0.206. The minimum absolute atomic E-state index is 0.0840. The lowest BCUT2D eigenvalue weighted by Crippen LogP contribution is -2.38. The smallest absolute Gasteiger partial charge is 0.317 e. The highest BCUT2D eigenvalue weighted by molar-refractivity contribution is 7.09. The lowest BCUT2D eigenvalue weighted by atomic mass is 10.1. The van der Waals surface area contributed by atoms with E-state index in [1.165, 1.54) is 0 Å². The van der Waals surface area contributed by atoms with Crippen molar-refractivity contribution in [3.05, 3.63) is 58.7 Å². The molecule has 1 unspecified atom stereocenters. The van der Waals surface area contributed by atoms with Crippen molar-refractivity contribution < 1.29 is 4.79 Å². The molecule has 0 saturated heterocycles. The predicted molar refractivity (Wildman–Crippen MR) is 97.1 cm³/mol. The number of thiazole rings is 1. The fourth-order valence-electron chi connectivity index (χ4n) is 2.66. The van der Waals surface area contributed by atoms with Crippen molar-refractivity contribution in [3.63, 3.8) is 0 Å². The van der Waals surface area contributed by atoms with Crippen molar-refractivity contribution in [3.8, 4) is 0 Å². The van der Waals surface area contributed by atoms with Gasteiger partial charge in [0.25, 0.3) is 0 Å². The molecule has 0 aliphatic carbocycles. The first kappa shape index (κ1) is 16.4. The molecule has 0 fully saturated rings. The number of fused-ring (bicyclic) bond motifs is 1. The highest BCUT2D eigenvalue weighted by atomic mass is 32.1. The van der Waals surface area contributed by atoms with Gasteiger partial charge >= 0.3 is 6.03 Å². The Morgan fingerprint density at radius 1 is 1.25 bits per heavy atom. The van der Waals surface area contributed by atoms with E-state index in [4.69, 9.17) is 0 Å². The Morgan fingerprint density at radius 3 is 2.88 bits per heavy atom. The van der Waals surface area contributed by atoms with Crippen LogP contribution in [0.15, 0.2) is 48.1 Å². The van der Waals surface area contributed by atoms with Gasteiger partial charge in [0.1, 0.15) is 0 Å². The van der Waals surface area contributed by atoms with Gasteiger partial charge in [-0.05, 0) is 17.7 Å². The number of carbonyl (C=O) groups excluding carboxylic acids is 1. The average Bonchev–Trinajstić information content (AvgIpc) is 3.14. The third kappa shape index (κ3) is 3.71. The molecular formula is C18H20N4OS. The third-order valence-electron chi connectivity index (χ3n) is 3.94. The zero-order chi connectivity index (χ0) is 16.9. The number of aromatic nitrogens is 2. The summed E-state index contributed by atoms with van der Waals surface area (Å²) in [5, 5.41) is 7.06. The number of urea groups is 1.